The fraction of sp³-hybridized carbons (Fsp3) is 0.273. The molecule has 0 spiro atoms. The number of halogens is 1. The summed E-state index contributed by atoms with van der Waals surface area (Å²) in [7, 11) is 0. The van der Waals surface area contributed by atoms with Crippen LogP contribution in [0.4, 0.5) is 0 Å². The maximum absolute atomic E-state index is 12.1. The van der Waals surface area contributed by atoms with E-state index in [1.165, 1.54) is 0 Å². The maximum Gasteiger partial charge on any atom is 0.220 e. The number of nitrogens with zero attached hydrogens (tertiary/aromatic N) is 3. The number of hydrogen-bond acceptors (Lipinski definition) is 4. The van der Waals surface area contributed by atoms with Crippen LogP contribution in [0, 0.1) is 13.8 Å². The number of carbonyl (C=O) groups excluding carboxylic acids is 2. The lowest BCUT2D eigenvalue weighted by molar-refractivity contribution is -0.121. The summed E-state index contributed by atoms with van der Waals surface area (Å²) in [5.41, 5.74) is 3.58. The van der Waals surface area contributed by atoms with Crippen LogP contribution in [0.1, 0.15) is 40.2 Å². The topological polar surface area (TPSA) is 76.9 Å². The van der Waals surface area contributed by atoms with Gasteiger partial charge in [0.2, 0.25) is 5.91 Å². The molecule has 150 valence electrons. The maximum atomic E-state index is 12.1. The Bertz CT molecular complexity index is 998. The summed E-state index contributed by atoms with van der Waals surface area (Å²) in [5.74, 6) is 0.559. The number of hydrogen-bond donors (Lipinski definition) is 1. The van der Waals surface area contributed by atoms with Crippen LogP contribution in [0.5, 0.6) is 0 Å². The van der Waals surface area contributed by atoms with Crippen molar-refractivity contribution < 1.29 is 9.59 Å². The van der Waals surface area contributed by atoms with Gasteiger partial charge in [-0.25, -0.2) is 9.67 Å². The zero-order valence-electron chi connectivity index (χ0n) is 16.5. The van der Waals surface area contributed by atoms with E-state index < -0.39 is 0 Å². The molecule has 2 aromatic heterocycles. The van der Waals surface area contributed by atoms with Crippen LogP contribution in [0.2, 0.25) is 5.02 Å². The molecule has 0 unspecified atom stereocenters. The lowest BCUT2D eigenvalue weighted by atomic mass is 10.1. The largest absolute Gasteiger partial charge is 0.356 e. The van der Waals surface area contributed by atoms with Gasteiger partial charge < -0.3 is 5.32 Å². The molecule has 0 saturated heterocycles. The zero-order valence-corrected chi connectivity index (χ0v) is 17.2. The minimum absolute atomic E-state index is 0.0693. The van der Waals surface area contributed by atoms with Gasteiger partial charge in [-0.3, -0.25) is 9.59 Å². The fourth-order valence-electron chi connectivity index (χ4n) is 3.16. The lowest BCUT2D eigenvalue weighted by Gasteiger charge is -2.07. The molecule has 0 fully saturated rings. The first-order valence-corrected chi connectivity index (χ1v) is 9.85. The van der Waals surface area contributed by atoms with E-state index in [0.717, 1.165) is 22.8 Å². The molecule has 6 nitrogen and oxygen atoms in total. The summed E-state index contributed by atoms with van der Waals surface area (Å²) in [5, 5.41) is 8.03. The van der Waals surface area contributed by atoms with Gasteiger partial charge in [0, 0.05) is 41.9 Å². The number of benzene rings is 1. The summed E-state index contributed by atoms with van der Waals surface area (Å²) >= 11 is 5.83. The molecule has 7 heteroatoms. The number of nitrogens with one attached hydrogen (secondary N) is 1. The van der Waals surface area contributed by atoms with Crippen molar-refractivity contribution in [2.24, 2.45) is 0 Å². The van der Waals surface area contributed by atoms with Gasteiger partial charge in [-0.05, 0) is 62.2 Å². The number of pyridine rings is 1. The van der Waals surface area contributed by atoms with Crippen molar-refractivity contribution in [2.45, 2.75) is 33.1 Å². The Morgan fingerprint density at radius 1 is 1.07 bits per heavy atom. The fourth-order valence-corrected chi connectivity index (χ4v) is 3.29. The molecule has 0 aliphatic rings. The second-order valence-corrected chi connectivity index (χ2v) is 7.22. The first-order valence-electron chi connectivity index (χ1n) is 9.47. The highest BCUT2D eigenvalue weighted by atomic mass is 35.5. The monoisotopic (exact) mass is 410 g/mol. The number of ketones is 1. The van der Waals surface area contributed by atoms with Gasteiger partial charge in [0.15, 0.2) is 11.6 Å². The SMILES string of the molecule is Cc1nn(-c2ccccn2)c(C)c1CCNC(=O)CCC(=O)c1ccc(Cl)cc1. The van der Waals surface area contributed by atoms with Crippen molar-refractivity contribution in [1.29, 1.82) is 0 Å². The van der Waals surface area contributed by atoms with Gasteiger partial charge in [-0.2, -0.15) is 5.10 Å². The van der Waals surface area contributed by atoms with E-state index in [4.69, 9.17) is 11.6 Å². The summed E-state index contributed by atoms with van der Waals surface area (Å²) in [6.45, 7) is 4.44. The predicted octanol–water partition coefficient (Wildman–Crippen LogP) is 3.86. The molecule has 1 N–H and O–H groups in total. The van der Waals surface area contributed by atoms with Gasteiger partial charge in [0.25, 0.3) is 0 Å². The molecule has 0 atom stereocenters. The molecule has 1 amide bonds. The molecule has 3 rings (SSSR count). The Labute approximate surface area is 174 Å². The van der Waals surface area contributed by atoms with E-state index in [9.17, 15) is 9.59 Å². The third-order valence-electron chi connectivity index (χ3n) is 4.75. The summed E-state index contributed by atoms with van der Waals surface area (Å²) in [6.07, 6.45) is 2.73. The highest BCUT2D eigenvalue weighted by Gasteiger charge is 2.14. The van der Waals surface area contributed by atoms with Crippen molar-refractivity contribution in [3.05, 3.63) is 76.2 Å². The first kappa shape index (κ1) is 20.7. The minimum atomic E-state index is -0.139. The van der Waals surface area contributed by atoms with Crippen molar-refractivity contribution in [3.63, 3.8) is 0 Å². The Kier molecular flexibility index (Phi) is 6.77. The molecular weight excluding hydrogens is 388 g/mol. The van der Waals surface area contributed by atoms with Crippen LogP contribution in [0.3, 0.4) is 0 Å². The number of aromatic nitrogens is 3. The molecule has 0 radical (unpaired) electrons. The third-order valence-corrected chi connectivity index (χ3v) is 5.00. The van der Waals surface area contributed by atoms with Crippen molar-refractivity contribution >= 4 is 23.3 Å². The van der Waals surface area contributed by atoms with Gasteiger partial charge in [-0.1, -0.05) is 17.7 Å². The van der Waals surface area contributed by atoms with Crippen molar-refractivity contribution in [1.82, 2.24) is 20.1 Å². The van der Waals surface area contributed by atoms with E-state index in [-0.39, 0.29) is 24.5 Å². The van der Waals surface area contributed by atoms with Crippen LogP contribution < -0.4 is 5.32 Å². The molecule has 0 aliphatic carbocycles. The molecule has 29 heavy (non-hydrogen) atoms. The van der Waals surface area contributed by atoms with Crippen LogP contribution in [-0.4, -0.2) is 33.0 Å². The number of carbonyl (C=O) groups is 2. The van der Waals surface area contributed by atoms with Crippen LogP contribution >= 0.6 is 11.6 Å². The van der Waals surface area contributed by atoms with Crippen LogP contribution in [0.25, 0.3) is 5.82 Å². The van der Waals surface area contributed by atoms with E-state index >= 15 is 0 Å². The second-order valence-electron chi connectivity index (χ2n) is 6.78. The molecule has 1 aromatic carbocycles. The normalized spacial score (nSPS) is 10.7. The van der Waals surface area contributed by atoms with E-state index in [1.54, 1.807) is 30.5 Å². The number of Topliss-reactive ketones (excluding diaryl/α,β-unsaturated/α-hetero) is 1. The van der Waals surface area contributed by atoms with Crippen LogP contribution in [0.15, 0.2) is 48.7 Å². The molecule has 0 aliphatic heterocycles. The highest BCUT2D eigenvalue weighted by molar-refractivity contribution is 6.30. The average molecular weight is 411 g/mol. The smallest absolute Gasteiger partial charge is 0.220 e. The molecule has 3 aromatic rings. The minimum Gasteiger partial charge on any atom is -0.356 e. The van der Waals surface area contributed by atoms with Crippen molar-refractivity contribution in [2.75, 3.05) is 6.54 Å². The molecular formula is C22H23ClN4O2. The lowest BCUT2D eigenvalue weighted by Crippen LogP contribution is -2.26. The van der Waals surface area contributed by atoms with E-state index in [2.05, 4.69) is 15.4 Å². The quantitative estimate of drug-likeness (QED) is 0.572. The van der Waals surface area contributed by atoms with E-state index in [0.29, 0.717) is 23.6 Å². The van der Waals surface area contributed by atoms with Gasteiger partial charge in [0.05, 0.1) is 5.69 Å². The summed E-state index contributed by atoms with van der Waals surface area (Å²) in [6, 6.07) is 12.4. The molecule has 0 bridgehead atoms. The highest BCUT2D eigenvalue weighted by Crippen LogP contribution is 2.17. The summed E-state index contributed by atoms with van der Waals surface area (Å²) < 4.78 is 1.82. The number of rotatable bonds is 8. The standard InChI is InChI=1S/C22H23ClN4O2/c1-15-19(16(2)27(26-15)21-5-3-4-13-24-21)12-14-25-22(29)11-10-20(28)17-6-8-18(23)9-7-17/h3-9,13H,10-12,14H2,1-2H3,(H,25,29). The third kappa shape index (κ3) is 5.29. The Balaban J connectivity index is 1.50. The Hall–Kier alpha value is -2.99. The van der Waals surface area contributed by atoms with Gasteiger partial charge in [-0.15, -0.1) is 0 Å². The van der Waals surface area contributed by atoms with Crippen LogP contribution in [-0.2, 0) is 11.2 Å². The molecule has 0 saturated carbocycles. The van der Waals surface area contributed by atoms with Gasteiger partial charge in [0.1, 0.15) is 0 Å². The summed E-state index contributed by atoms with van der Waals surface area (Å²) in [4.78, 5) is 28.6. The van der Waals surface area contributed by atoms with Crippen molar-refractivity contribution in [3.8, 4) is 5.82 Å². The average Bonchev–Trinajstić information content (AvgIpc) is 3.01. The number of amides is 1. The number of aryl methyl sites for hydroxylation is 1. The Morgan fingerprint density at radius 2 is 1.83 bits per heavy atom. The zero-order chi connectivity index (χ0) is 20.8. The second kappa shape index (κ2) is 9.47. The predicted molar refractivity (Wildman–Crippen MR) is 113 cm³/mol. The van der Waals surface area contributed by atoms with E-state index in [1.807, 2.05) is 36.7 Å². The Morgan fingerprint density at radius 3 is 2.52 bits per heavy atom. The van der Waals surface area contributed by atoms with Gasteiger partial charge >= 0.3 is 0 Å². The first-order chi connectivity index (χ1) is 14.0. The molecule has 2 heterocycles.